The smallest absolute Gasteiger partial charge is 0.0724 e. The molecule has 1 saturated heterocycles. The molecule has 1 aliphatic rings. The first-order valence-electron chi connectivity index (χ1n) is 7.36. The van der Waals surface area contributed by atoms with Crippen molar-refractivity contribution in [1.82, 2.24) is 4.90 Å². The summed E-state index contributed by atoms with van der Waals surface area (Å²) in [6.07, 6.45) is 2.58. The van der Waals surface area contributed by atoms with Gasteiger partial charge in [-0.05, 0) is 43.0 Å². The number of methoxy groups -OCH3 is 1. The Morgan fingerprint density at radius 2 is 2.10 bits per heavy atom. The number of nitrogens with zero attached hydrogens (tertiary/aromatic N) is 1. The Morgan fingerprint density at radius 1 is 1.40 bits per heavy atom. The molecule has 0 bridgehead atoms. The lowest BCUT2D eigenvalue weighted by atomic mass is 9.95. The Hall–Kier alpha value is -0.420. The van der Waals surface area contributed by atoms with E-state index in [1.54, 1.807) is 0 Å². The van der Waals surface area contributed by atoms with Crippen molar-refractivity contribution in [3.05, 3.63) is 34.3 Å². The highest BCUT2D eigenvalue weighted by Crippen LogP contribution is 2.22. The first kappa shape index (κ1) is 16.0. The van der Waals surface area contributed by atoms with Gasteiger partial charge in [-0.25, -0.2) is 0 Å². The fourth-order valence-corrected chi connectivity index (χ4v) is 3.07. The molecule has 0 aliphatic carbocycles. The normalized spacial score (nSPS) is 25.6. The second-order valence-electron chi connectivity index (χ2n) is 5.79. The monoisotopic (exact) mass is 340 g/mol. The average Bonchev–Trinajstić information content (AvgIpc) is 2.46. The van der Waals surface area contributed by atoms with Crippen molar-refractivity contribution in [3.63, 3.8) is 0 Å². The summed E-state index contributed by atoms with van der Waals surface area (Å²) in [5.74, 6) is 0.663. The maximum absolute atomic E-state index is 6.28. The van der Waals surface area contributed by atoms with E-state index in [1.807, 2.05) is 7.11 Å². The zero-order valence-electron chi connectivity index (χ0n) is 12.4. The van der Waals surface area contributed by atoms with Gasteiger partial charge in [-0.1, -0.05) is 35.0 Å². The quantitative estimate of drug-likeness (QED) is 0.894. The summed E-state index contributed by atoms with van der Waals surface area (Å²) in [6.45, 7) is 5.52. The second-order valence-corrected chi connectivity index (χ2v) is 6.70. The molecule has 1 fully saturated rings. The minimum atomic E-state index is 0.114. The highest BCUT2D eigenvalue weighted by atomic mass is 79.9. The van der Waals surface area contributed by atoms with E-state index < -0.39 is 0 Å². The highest BCUT2D eigenvalue weighted by molar-refractivity contribution is 9.10. The van der Waals surface area contributed by atoms with Crippen molar-refractivity contribution in [1.29, 1.82) is 0 Å². The van der Waals surface area contributed by atoms with Crippen LogP contribution in [0.15, 0.2) is 28.7 Å². The first-order chi connectivity index (χ1) is 9.60. The van der Waals surface area contributed by atoms with Gasteiger partial charge in [0.1, 0.15) is 0 Å². The number of hydrogen-bond acceptors (Lipinski definition) is 3. The molecule has 1 aliphatic heterocycles. The lowest BCUT2D eigenvalue weighted by Gasteiger charge is -2.36. The number of piperidine rings is 1. The third-order valence-electron chi connectivity index (χ3n) is 4.33. The molecule has 0 aromatic heterocycles. The van der Waals surface area contributed by atoms with Gasteiger partial charge in [-0.2, -0.15) is 0 Å². The fourth-order valence-electron chi connectivity index (χ4n) is 2.81. The van der Waals surface area contributed by atoms with Crippen molar-refractivity contribution in [3.8, 4) is 0 Å². The van der Waals surface area contributed by atoms with Crippen molar-refractivity contribution >= 4 is 15.9 Å². The average molecular weight is 341 g/mol. The summed E-state index contributed by atoms with van der Waals surface area (Å²) in [4.78, 5) is 2.48. The Bertz CT molecular complexity index is 409. The summed E-state index contributed by atoms with van der Waals surface area (Å²) < 4.78 is 6.66. The van der Waals surface area contributed by atoms with E-state index in [-0.39, 0.29) is 6.04 Å². The van der Waals surface area contributed by atoms with Gasteiger partial charge in [0.2, 0.25) is 0 Å². The van der Waals surface area contributed by atoms with E-state index in [1.165, 1.54) is 12.0 Å². The first-order valence-corrected chi connectivity index (χ1v) is 8.15. The van der Waals surface area contributed by atoms with Crippen molar-refractivity contribution in [2.45, 2.75) is 31.9 Å². The molecule has 1 aromatic rings. The van der Waals surface area contributed by atoms with Gasteiger partial charge in [0.05, 0.1) is 6.10 Å². The number of halogens is 1. The fraction of sp³-hybridized carbons (Fsp3) is 0.625. The van der Waals surface area contributed by atoms with Crippen molar-refractivity contribution in [2.75, 3.05) is 26.7 Å². The Balaban J connectivity index is 1.81. The number of nitrogens with two attached hydrogens (primary N) is 1. The van der Waals surface area contributed by atoms with Crippen molar-refractivity contribution < 1.29 is 4.74 Å². The predicted molar refractivity (Wildman–Crippen MR) is 86.7 cm³/mol. The van der Waals surface area contributed by atoms with E-state index >= 15 is 0 Å². The lowest BCUT2D eigenvalue weighted by molar-refractivity contribution is -0.00555. The molecule has 1 aromatic carbocycles. The molecule has 1 heterocycles. The van der Waals surface area contributed by atoms with Gasteiger partial charge >= 0.3 is 0 Å². The Kier molecular flexibility index (Phi) is 6.02. The number of ether oxygens (including phenoxy) is 1. The third kappa shape index (κ3) is 4.29. The van der Waals surface area contributed by atoms with Crippen LogP contribution >= 0.6 is 15.9 Å². The Morgan fingerprint density at radius 3 is 2.75 bits per heavy atom. The lowest BCUT2D eigenvalue weighted by Crippen LogP contribution is -2.44. The minimum absolute atomic E-state index is 0.114. The standard InChI is InChI=1S/C16H25BrN2O/c1-12-7-9-19(11-16(12)20-2)10-8-15(18)13-3-5-14(17)6-4-13/h3-6,12,15-16H,7-11,18H2,1-2H3. The Labute approximate surface area is 130 Å². The van der Waals surface area contributed by atoms with Crippen LogP contribution in [0, 0.1) is 5.92 Å². The summed E-state index contributed by atoms with van der Waals surface area (Å²) in [6, 6.07) is 8.43. The van der Waals surface area contributed by atoms with Gasteiger partial charge in [0.15, 0.2) is 0 Å². The third-order valence-corrected chi connectivity index (χ3v) is 4.86. The summed E-state index contributed by atoms with van der Waals surface area (Å²) in [7, 11) is 1.82. The molecule has 0 spiro atoms. The van der Waals surface area contributed by atoms with E-state index in [2.05, 4.69) is 52.0 Å². The molecule has 0 saturated carbocycles. The molecule has 2 rings (SSSR count). The molecule has 2 N–H and O–H groups in total. The van der Waals surface area contributed by atoms with Crippen LogP contribution in [-0.4, -0.2) is 37.7 Å². The summed E-state index contributed by atoms with van der Waals surface area (Å²) in [5, 5.41) is 0. The zero-order valence-corrected chi connectivity index (χ0v) is 14.0. The van der Waals surface area contributed by atoms with Crippen LogP contribution in [0.5, 0.6) is 0 Å². The van der Waals surface area contributed by atoms with Crippen molar-refractivity contribution in [2.24, 2.45) is 11.7 Å². The highest BCUT2D eigenvalue weighted by Gasteiger charge is 2.25. The van der Waals surface area contributed by atoms with Gasteiger partial charge in [-0.3, -0.25) is 0 Å². The maximum Gasteiger partial charge on any atom is 0.0724 e. The van der Waals surface area contributed by atoms with Crippen LogP contribution in [0.2, 0.25) is 0 Å². The maximum atomic E-state index is 6.28. The number of likely N-dealkylation sites (tertiary alicyclic amines) is 1. The van der Waals surface area contributed by atoms with Gasteiger partial charge < -0.3 is 15.4 Å². The summed E-state index contributed by atoms with van der Waals surface area (Å²) >= 11 is 3.45. The molecule has 3 unspecified atom stereocenters. The topological polar surface area (TPSA) is 38.5 Å². The zero-order chi connectivity index (χ0) is 14.5. The molecule has 0 amide bonds. The van der Waals surface area contributed by atoms with Crippen LogP contribution in [0.25, 0.3) is 0 Å². The molecule has 3 atom stereocenters. The molecule has 3 nitrogen and oxygen atoms in total. The van der Waals surface area contributed by atoms with E-state index in [0.717, 1.165) is 30.5 Å². The summed E-state index contributed by atoms with van der Waals surface area (Å²) in [5.41, 5.74) is 7.49. The van der Waals surface area contributed by atoms with E-state index in [9.17, 15) is 0 Å². The predicted octanol–water partition coefficient (Wildman–Crippen LogP) is 3.20. The molecular formula is C16H25BrN2O. The van der Waals surface area contributed by atoms with Gasteiger partial charge in [0, 0.05) is 30.7 Å². The molecule has 4 heteroatoms. The van der Waals surface area contributed by atoms with Crippen LogP contribution in [0.1, 0.15) is 31.4 Å². The largest absolute Gasteiger partial charge is 0.380 e. The number of rotatable bonds is 5. The van der Waals surface area contributed by atoms with Crippen LogP contribution in [0.4, 0.5) is 0 Å². The molecular weight excluding hydrogens is 316 g/mol. The number of benzene rings is 1. The van der Waals surface area contributed by atoms with Gasteiger partial charge in [-0.15, -0.1) is 0 Å². The molecule has 112 valence electrons. The number of hydrogen-bond donors (Lipinski definition) is 1. The van der Waals surface area contributed by atoms with Gasteiger partial charge in [0.25, 0.3) is 0 Å². The SMILES string of the molecule is COC1CN(CCC(N)c2ccc(Br)cc2)CCC1C. The van der Waals surface area contributed by atoms with Crippen LogP contribution in [0.3, 0.4) is 0 Å². The van der Waals surface area contributed by atoms with E-state index in [0.29, 0.717) is 12.0 Å². The van der Waals surface area contributed by atoms with E-state index in [4.69, 9.17) is 10.5 Å². The minimum Gasteiger partial charge on any atom is -0.380 e. The van der Waals surface area contributed by atoms with Crippen LogP contribution < -0.4 is 5.73 Å². The molecule has 0 radical (unpaired) electrons. The second kappa shape index (κ2) is 7.55. The van der Waals surface area contributed by atoms with Crippen LogP contribution in [-0.2, 0) is 4.74 Å². The molecule has 20 heavy (non-hydrogen) atoms.